The van der Waals surface area contributed by atoms with Gasteiger partial charge < -0.3 is 0 Å². The van der Waals surface area contributed by atoms with E-state index >= 15 is 0 Å². The molecule has 0 spiro atoms. The van der Waals surface area contributed by atoms with Crippen molar-refractivity contribution in [3.63, 3.8) is 0 Å². The van der Waals surface area contributed by atoms with E-state index in [1.165, 1.54) is 94.6 Å². The van der Waals surface area contributed by atoms with Gasteiger partial charge in [-0.05, 0) is 104 Å². The second-order valence-corrected chi connectivity index (χ2v) is 18.3. The summed E-state index contributed by atoms with van der Waals surface area (Å²) < 4.78 is 7.48. The number of rotatable bonds is 3. The Morgan fingerprint density at radius 3 is 1.84 bits per heavy atom. The highest BCUT2D eigenvalue weighted by atomic mass is 32.1. The summed E-state index contributed by atoms with van der Waals surface area (Å²) in [5, 5.41) is 16.1. The van der Waals surface area contributed by atoms with Gasteiger partial charge in [0.2, 0.25) is 5.95 Å². The fourth-order valence-corrected chi connectivity index (χ4v) is 12.2. The molecule has 14 rings (SSSR count). The molecule has 10 aromatic carbocycles. The van der Waals surface area contributed by atoms with E-state index in [1.54, 1.807) is 0 Å². The minimum absolute atomic E-state index is 0.665. The highest BCUT2D eigenvalue weighted by Crippen LogP contribution is 2.45. The first kappa shape index (κ1) is 33.4. The number of hydrogen-bond donors (Lipinski definition) is 0. The Morgan fingerprint density at radius 2 is 0.967 bits per heavy atom. The average molecular weight is 810 g/mol. The normalized spacial score (nSPS) is 12.3. The number of aromatic nitrogens is 3. The first-order valence-corrected chi connectivity index (χ1v) is 22.3. The van der Waals surface area contributed by atoms with Crippen LogP contribution in [0.2, 0.25) is 0 Å². The first-order valence-electron chi connectivity index (χ1n) is 20.6. The molecule has 14 aromatic rings. The number of hydrogen-bond acceptors (Lipinski definition) is 4. The Kier molecular flexibility index (Phi) is 6.87. The molecule has 0 atom stereocenters. The molecule has 5 heteroatoms. The monoisotopic (exact) mass is 809 g/mol. The molecule has 0 aliphatic rings. The summed E-state index contributed by atoms with van der Waals surface area (Å²) in [5.41, 5.74) is 7.52. The summed E-state index contributed by atoms with van der Waals surface area (Å²) in [6.07, 6.45) is 0. The predicted octanol–water partition coefficient (Wildman–Crippen LogP) is 16.3. The zero-order chi connectivity index (χ0) is 39.8. The minimum Gasteiger partial charge on any atom is -0.278 e. The molecule has 0 saturated carbocycles. The third kappa shape index (κ3) is 4.90. The third-order valence-electron chi connectivity index (χ3n) is 12.8. The highest BCUT2D eigenvalue weighted by Gasteiger charge is 2.21. The maximum atomic E-state index is 5.54. The molecule has 0 fully saturated rings. The van der Waals surface area contributed by atoms with Crippen molar-refractivity contribution in [2.24, 2.45) is 0 Å². The van der Waals surface area contributed by atoms with Crippen molar-refractivity contribution in [2.45, 2.75) is 0 Å². The van der Waals surface area contributed by atoms with E-state index in [4.69, 9.17) is 9.97 Å². The highest BCUT2D eigenvalue weighted by molar-refractivity contribution is 7.26. The predicted molar refractivity (Wildman–Crippen MR) is 263 cm³/mol. The molecular formula is C56H31N3S2. The van der Waals surface area contributed by atoms with Crippen LogP contribution in [0, 0.1) is 0 Å². The van der Waals surface area contributed by atoms with Gasteiger partial charge in [-0.15, -0.1) is 22.7 Å². The number of fused-ring (bicyclic) bond motifs is 14. The molecular weight excluding hydrogens is 779 g/mol. The lowest BCUT2D eigenvalue weighted by Gasteiger charge is -2.13. The summed E-state index contributed by atoms with van der Waals surface area (Å²) in [5.74, 6) is 0.665. The topological polar surface area (TPSA) is 30.7 Å². The molecule has 0 bridgehead atoms. The third-order valence-corrected chi connectivity index (χ3v) is 15.0. The zero-order valence-electron chi connectivity index (χ0n) is 32.6. The van der Waals surface area contributed by atoms with Gasteiger partial charge in [-0.3, -0.25) is 4.57 Å². The van der Waals surface area contributed by atoms with E-state index in [0.717, 1.165) is 33.2 Å². The number of benzene rings is 10. The van der Waals surface area contributed by atoms with Gasteiger partial charge in [0.05, 0.1) is 22.2 Å². The van der Waals surface area contributed by atoms with Crippen LogP contribution in [0.5, 0.6) is 0 Å². The number of nitrogens with zero attached hydrogens (tertiary/aromatic N) is 3. The lowest BCUT2D eigenvalue weighted by molar-refractivity contribution is 1.01. The Hall–Kier alpha value is -7.44. The van der Waals surface area contributed by atoms with E-state index in [9.17, 15) is 0 Å². The Labute approximate surface area is 357 Å². The van der Waals surface area contributed by atoms with Crippen LogP contribution in [0.15, 0.2) is 188 Å². The molecule has 282 valence electrons. The van der Waals surface area contributed by atoms with Gasteiger partial charge in [0, 0.05) is 62.1 Å². The lowest BCUT2D eigenvalue weighted by atomic mass is 9.98. The Morgan fingerprint density at radius 1 is 0.344 bits per heavy atom. The molecule has 4 aromatic heterocycles. The molecule has 61 heavy (non-hydrogen) atoms. The van der Waals surface area contributed by atoms with Crippen LogP contribution in [0.1, 0.15) is 0 Å². The van der Waals surface area contributed by atoms with Crippen molar-refractivity contribution < 1.29 is 0 Å². The summed E-state index contributed by atoms with van der Waals surface area (Å²) in [7, 11) is 0. The molecule has 0 aliphatic carbocycles. The minimum atomic E-state index is 0.665. The van der Waals surface area contributed by atoms with Gasteiger partial charge in [-0.2, -0.15) is 0 Å². The maximum Gasteiger partial charge on any atom is 0.235 e. The van der Waals surface area contributed by atoms with Crippen LogP contribution in [0.25, 0.3) is 134 Å². The van der Waals surface area contributed by atoms with Crippen LogP contribution in [-0.2, 0) is 0 Å². The summed E-state index contributed by atoms with van der Waals surface area (Å²) >= 11 is 3.73. The second-order valence-electron chi connectivity index (χ2n) is 16.1. The van der Waals surface area contributed by atoms with Gasteiger partial charge in [-0.1, -0.05) is 127 Å². The summed E-state index contributed by atoms with van der Waals surface area (Å²) in [6.45, 7) is 0. The van der Waals surface area contributed by atoms with E-state index in [2.05, 4.69) is 193 Å². The second kappa shape index (κ2) is 12.5. The molecule has 0 unspecified atom stereocenters. The van der Waals surface area contributed by atoms with Gasteiger partial charge >= 0.3 is 0 Å². The molecule has 0 aliphatic heterocycles. The largest absolute Gasteiger partial charge is 0.278 e. The van der Waals surface area contributed by atoms with E-state index in [0.29, 0.717) is 5.95 Å². The van der Waals surface area contributed by atoms with Gasteiger partial charge in [0.25, 0.3) is 0 Å². The number of thiophene rings is 2. The van der Waals surface area contributed by atoms with Crippen molar-refractivity contribution >= 4 is 128 Å². The van der Waals surface area contributed by atoms with Crippen LogP contribution in [0.3, 0.4) is 0 Å². The molecule has 0 amide bonds. The first-order chi connectivity index (χ1) is 30.2. The zero-order valence-corrected chi connectivity index (χ0v) is 34.2. The van der Waals surface area contributed by atoms with E-state index < -0.39 is 0 Å². The number of para-hydroxylation sites is 1. The standard InChI is InChI=1S/C56H31N3S2/c1-2-13-35-29-52-44(27-34(35)12-1)45-30-43-42-26-36(37-22-24-50-46(28-37)54-39-16-6-4-11-33(39)21-25-51(54)60-50)20-23-48(42)59(49(43)31-53(45)61-52)56-57-47-19-8-7-17-41(47)55(58-56)40-18-9-14-32-10-3-5-15-38(32)40/h1-31H. The van der Waals surface area contributed by atoms with Crippen molar-refractivity contribution in [2.75, 3.05) is 0 Å². The van der Waals surface area contributed by atoms with Gasteiger partial charge in [0.1, 0.15) is 0 Å². The molecule has 4 heterocycles. The maximum absolute atomic E-state index is 5.54. The van der Waals surface area contributed by atoms with Gasteiger partial charge in [-0.25, -0.2) is 9.97 Å². The van der Waals surface area contributed by atoms with Crippen LogP contribution < -0.4 is 0 Å². The van der Waals surface area contributed by atoms with Crippen molar-refractivity contribution in [3.8, 4) is 28.3 Å². The van der Waals surface area contributed by atoms with Crippen molar-refractivity contribution in [1.29, 1.82) is 0 Å². The Bertz CT molecular complexity index is 4180. The summed E-state index contributed by atoms with van der Waals surface area (Å²) in [4.78, 5) is 10.9. The molecule has 0 saturated heterocycles. The molecule has 0 N–H and O–H groups in total. The quantitative estimate of drug-likeness (QED) is 0.178. The van der Waals surface area contributed by atoms with Crippen molar-refractivity contribution in [1.82, 2.24) is 14.5 Å². The molecule has 0 radical (unpaired) electrons. The fourth-order valence-electron chi connectivity index (χ4n) is 9.90. The fraction of sp³-hybridized carbons (Fsp3) is 0. The van der Waals surface area contributed by atoms with Gasteiger partial charge in [0.15, 0.2) is 0 Å². The Balaban J connectivity index is 1.06. The smallest absolute Gasteiger partial charge is 0.235 e. The van der Waals surface area contributed by atoms with Crippen LogP contribution in [-0.4, -0.2) is 14.5 Å². The summed E-state index contributed by atoms with van der Waals surface area (Å²) in [6, 6.07) is 69.0. The van der Waals surface area contributed by atoms with E-state index in [-0.39, 0.29) is 0 Å². The van der Waals surface area contributed by atoms with Crippen molar-refractivity contribution in [3.05, 3.63) is 188 Å². The van der Waals surface area contributed by atoms with Crippen LogP contribution in [0.4, 0.5) is 0 Å². The SMILES string of the molecule is c1ccc2cc3c(cc2c1)sc1cc2c(cc13)c1cc(-c3ccc4sc5ccc6ccccc6c5c4c3)ccc1n2-c1nc(-c2cccc3ccccc23)c2ccccc2n1. The van der Waals surface area contributed by atoms with E-state index in [1.807, 2.05) is 22.7 Å². The average Bonchev–Trinajstić information content (AvgIpc) is 3.97. The lowest BCUT2D eigenvalue weighted by Crippen LogP contribution is -2.03. The van der Waals surface area contributed by atoms with Crippen LogP contribution >= 0.6 is 22.7 Å². The molecule has 3 nitrogen and oxygen atoms in total.